The molecule has 0 heterocycles. The molecule has 0 aromatic heterocycles. The van der Waals surface area contributed by atoms with Crippen LogP contribution in [0.25, 0.3) is 0 Å². The summed E-state index contributed by atoms with van der Waals surface area (Å²) in [6.45, 7) is 6.31. The van der Waals surface area contributed by atoms with Crippen LogP contribution in [0, 0.1) is 0 Å². The minimum Gasteiger partial charge on any atom is -0.458 e. The van der Waals surface area contributed by atoms with Crippen LogP contribution in [0.2, 0.25) is 0 Å². The first kappa shape index (κ1) is 67.3. The molecule has 3 unspecified atom stereocenters. The zero-order chi connectivity index (χ0) is 51.6. The van der Waals surface area contributed by atoms with Gasteiger partial charge in [-0.15, -0.1) is 0 Å². The van der Waals surface area contributed by atoms with Crippen molar-refractivity contribution < 1.29 is 24.5 Å². The normalized spacial score (nSPS) is 14.0. The number of rotatable bonds is 51. The standard InChI is InChI=1S/C65H109NO5/c1-4-7-10-13-16-19-22-25-28-31-32-34-37-40-43-46-49-52-55-58-65(70)71-61(56-53-50-47-44-41-38-35-33-29-26-23-20-17-14-11-8-5-2)59-64(69)66-62(60-67)63(68)57-54-51-48-45-42-39-36-30-27-24-21-18-15-12-9-6-3/h8,11,16-17,19-20,25-26,28-29,32,34-35,38,40,43-44,47,53,56,61-63,67-68H,4-7,9-10,12-15,18,21-24,27,30-31,33,36-37,39,41-42,45-46,48-52,54-55,57-60H2,1-3H3,(H,66,69)/b11-8-,19-16-,20-17-,28-25-,29-26-,34-32-,38-35-,43-40-,47-44-,56-53-. The fourth-order valence-corrected chi connectivity index (χ4v) is 8.12. The van der Waals surface area contributed by atoms with E-state index < -0.39 is 18.2 Å². The molecule has 0 saturated heterocycles. The maximum atomic E-state index is 13.3. The van der Waals surface area contributed by atoms with Crippen LogP contribution in [0.4, 0.5) is 0 Å². The summed E-state index contributed by atoms with van der Waals surface area (Å²) in [6.07, 6.45) is 80.1. The van der Waals surface area contributed by atoms with Crippen molar-refractivity contribution in [3.05, 3.63) is 122 Å². The third-order valence-electron chi connectivity index (χ3n) is 12.5. The second-order valence-corrected chi connectivity index (χ2v) is 19.3. The summed E-state index contributed by atoms with van der Waals surface area (Å²) in [5.41, 5.74) is 0. The van der Waals surface area contributed by atoms with E-state index in [0.29, 0.717) is 19.3 Å². The maximum Gasteiger partial charge on any atom is 0.306 e. The topological polar surface area (TPSA) is 95.9 Å². The Kier molecular flexibility index (Phi) is 54.2. The molecule has 0 aromatic carbocycles. The molecular weight excluding hydrogens is 875 g/mol. The van der Waals surface area contributed by atoms with E-state index in [1.165, 1.54) is 109 Å². The van der Waals surface area contributed by atoms with Crippen molar-refractivity contribution in [2.75, 3.05) is 6.61 Å². The molecule has 0 fully saturated rings. The Bertz CT molecular complexity index is 1480. The summed E-state index contributed by atoms with van der Waals surface area (Å²) < 4.78 is 5.84. The minimum absolute atomic E-state index is 0.0672. The van der Waals surface area contributed by atoms with Gasteiger partial charge in [0, 0.05) is 6.42 Å². The highest BCUT2D eigenvalue weighted by atomic mass is 16.5. The molecule has 71 heavy (non-hydrogen) atoms. The van der Waals surface area contributed by atoms with Crippen molar-refractivity contribution in [1.29, 1.82) is 0 Å². The molecule has 0 rings (SSSR count). The van der Waals surface area contributed by atoms with E-state index in [4.69, 9.17) is 4.74 Å². The number of hydrogen-bond acceptors (Lipinski definition) is 5. The van der Waals surface area contributed by atoms with E-state index in [2.05, 4.69) is 135 Å². The van der Waals surface area contributed by atoms with Crippen molar-refractivity contribution in [1.82, 2.24) is 5.32 Å². The van der Waals surface area contributed by atoms with Crippen molar-refractivity contribution in [2.24, 2.45) is 0 Å². The monoisotopic (exact) mass is 984 g/mol. The summed E-state index contributed by atoms with van der Waals surface area (Å²) in [6, 6.07) is -0.759. The van der Waals surface area contributed by atoms with Gasteiger partial charge >= 0.3 is 5.97 Å². The Morgan fingerprint density at radius 1 is 0.437 bits per heavy atom. The van der Waals surface area contributed by atoms with Crippen molar-refractivity contribution in [3.8, 4) is 0 Å². The number of allylic oxidation sites excluding steroid dienone is 19. The smallest absolute Gasteiger partial charge is 0.306 e. The number of aliphatic hydroxyl groups excluding tert-OH is 2. The van der Waals surface area contributed by atoms with Crippen LogP contribution in [0.15, 0.2) is 122 Å². The number of esters is 1. The molecule has 0 aliphatic heterocycles. The Balaban J connectivity index is 4.79. The van der Waals surface area contributed by atoms with E-state index in [1.54, 1.807) is 6.08 Å². The van der Waals surface area contributed by atoms with Gasteiger partial charge < -0.3 is 20.3 Å². The Morgan fingerprint density at radius 3 is 1.21 bits per heavy atom. The van der Waals surface area contributed by atoms with E-state index in [1.807, 2.05) is 6.08 Å². The molecule has 1 amide bonds. The summed E-state index contributed by atoms with van der Waals surface area (Å²) in [7, 11) is 0. The third-order valence-corrected chi connectivity index (χ3v) is 12.5. The van der Waals surface area contributed by atoms with Gasteiger partial charge in [0.15, 0.2) is 0 Å². The van der Waals surface area contributed by atoms with E-state index in [9.17, 15) is 19.8 Å². The lowest BCUT2D eigenvalue weighted by Gasteiger charge is -2.23. The number of aliphatic hydroxyl groups is 2. The average Bonchev–Trinajstić information content (AvgIpc) is 3.36. The fraction of sp³-hybridized carbons (Fsp3) is 0.662. The van der Waals surface area contributed by atoms with Crippen LogP contribution in [0.3, 0.4) is 0 Å². The number of ether oxygens (including phenoxy) is 1. The van der Waals surface area contributed by atoms with Crippen molar-refractivity contribution in [2.45, 2.75) is 270 Å². The number of carbonyl (C=O) groups is 2. The minimum atomic E-state index is -0.835. The van der Waals surface area contributed by atoms with Crippen LogP contribution >= 0.6 is 0 Å². The molecule has 0 bridgehead atoms. The Hall–Kier alpha value is -3.74. The van der Waals surface area contributed by atoms with Gasteiger partial charge in [0.1, 0.15) is 6.10 Å². The quantitative estimate of drug-likeness (QED) is 0.0321. The summed E-state index contributed by atoms with van der Waals surface area (Å²) in [5, 5.41) is 23.8. The lowest BCUT2D eigenvalue weighted by molar-refractivity contribution is -0.148. The number of nitrogens with one attached hydrogen (secondary N) is 1. The lowest BCUT2D eigenvalue weighted by atomic mass is 10.0. The van der Waals surface area contributed by atoms with Gasteiger partial charge in [0.05, 0.1) is 25.2 Å². The first-order valence-corrected chi connectivity index (χ1v) is 29.3. The number of amides is 1. The third kappa shape index (κ3) is 52.4. The van der Waals surface area contributed by atoms with Gasteiger partial charge in [-0.2, -0.15) is 0 Å². The molecule has 0 aliphatic rings. The molecule has 6 nitrogen and oxygen atoms in total. The van der Waals surface area contributed by atoms with Crippen LogP contribution in [-0.4, -0.2) is 46.9 Å². The highest BCUT2D eigenvalue weighted by Gasteiger charge is 2.23. The second-order valence-electron chi connectivity index (χ2n) is 19.3. The van der Waals surface area contributed by atoms with Crippen molar-refractivity contribution >= 4 is 11.9 Å². The van der Waals surface area contributed by atoms with Crippen LogP contribution < -0.4 is 5.32 Å². The van der Waals surface area contributed by atoms with Crippen LogP contribution in [-0.2, 0) is 14.3 Å². The van der Waals surface area contributed by atoms with Gasteiger partial charge in [-0.1, -0.05) is 258 Å². The molecule has 3 N–H and O–H groups in total. The van der Waals surface area contributed by atoms with Gasteiger partial charge in [0.25, 0.3) is 0 Å². The first-order chi connectivity index (χ1) is 35.0. The molecule has 0 radical (unpaired) electrons. The largest absolute Gasteiger partial charge is 0.458 e. The Labute approximate surface area is 438 Å². The van der Waals surface area contributed by atoms with Gasteiger partial charge in [-0.25, -0.2) is 0 Å². The van der Waals surface area contributed by atoms with Crippen LogP contribution in [0.5, 0.6) is 0 Å². The van der Waals surface area contributed by atoms with E-state index >= 15 is 0 Å². The van der Waals surface area contributed by atoms with E-state index in [-0.39, 0.29) is 24.9 Å². The number of unbranched alkanes of at least 4 members (excludes halogenated alkanes) is 21. The van der Waals surface area contributed by atoms with Gasteiger partial charge in [-0.3, -0.25) is 9.59 Å². The predicted octanol–water partition coefficient (Wildman–Crippen LogP) is 18.4. The fourth-order valence-electron chi connectivity index (χ4n) is 8.12. The second kappa shape index (κ2) is 57.2. The molecule has 0 aliphatic carbocycles. The molecule has 0 spiro atoms. The SMILES string of the molecule is CC/C=C\C/C=C\C/C=C\C/C=C\C/C=C\C/C=C\C(CC(=O)NC(CO)C(O)CCCCCCCCCCCCCCCCCC)OC(=O)CCCCC/C=C\C/C=C\C/C=C\C/C=C\CCCCC. The van der Waals surface area contributed by atoms with Crippen LogP contribution in [0.1, 0.15) is 252 Å². The summed E-state index contributed by atoms with van der Waals surface area (Å²) >= 11 is 0. The molecule has 0 saturated carbocycles. The molecule has 3 atom stereocenters. The lowest BCUT2D eigenvalue weighted by Crippen LogP contribution is -2.46. The van der Waals surface area contributed by atoms with Crippen molar-refractivity contribution in [3.63, 3.8) is 0 Å². The molecule has 404 valence electrons. The first-order valence-electron chi connectivity index (χ1n) is 29.3. The number of carbonyl (C=O) groups excluding carboxylic acids is 2. The predicted molar refractivity (Wildman–Crippen MR) is 310 cm³/mol. The highest BCUT2D eigenvalue weighted by molar-refractivity contribution is 5.78. The van der Waals surface area contributed by atoms with Gasteiger partial charge in [-0.05, 0) is 102 Å². The average molecular weight is 985 g/mol. The molecular formula is C65H109NO5. The summed E-state index contributed by atoms with van der Waals surface area (Å²) in [5.74, 6) is -0.672. The zero-order valence-electron chi connectivity index (χ0n) is 46.1. The highest BCUT2D eigenvalue weighted by Crippen LogP contribution is 2.16. The maximum absolute atomic E-state index is 13.3. The van der Waals surface area contributed by atoms with Gasteiger partial charge in [0.2, 0.25) is 5.91 Å². The zero-order valence-corrected chi connectivity index (χ0v) is 46.1. The summed E-state index contributed by atoms with van der Waals surface area (Å²) in [4.78, 5) is 26.2. The molecule has 6 heteroatoms. The molecule has 0 aromatic rings. The Morgan fingerprint density at radius 2 is 0.789 bits per heavy atom. The number of hydrogen-bond donors (Lipinski definition) is 3. The van der Waals surface area contributed by atoms with E-state index in [0.717, 1.165) is 96.3 Å².